The van der Waals surface area contributed by atoms with Crippen LogP contribution in [-0.4, -0.2) is 69.7 Å². The third-order valence-electron chi connectivity index (χ3n) is 5.71. The normalized spacial score (nSPS) is 15.8. The van der Waals surface area contributed by atoms with Crippen LogP contribution in [0.2, 0.25) is 0 Å². The van der Waals surface area contributed by atoms with Crippen LogP contribution in [0.4, 0.5) is 0 Å². The van der Waals surface area contributed by atoms with E-state index in [4.69, 9.17) is 4.74 Å². The van der Waals surface area contributed by atoms with E-state index in [1.54, 1.807) is 7.05 Å². The largest absolute Gasteiger partial charge is 0.493 e. The molecule has 8 heteroatoms. The summed E-state index contributed by atoms with van der Waals surface area (Å²) in [5.74, 6) is 2.34. The van der Waals surface area contributed by atoms with Gasteiger partial charge in [-0.25, -0.2) is 0 Å². The van der Waals surface area contributed by atoms with E-state index in [1.807, 2.05) is 7.05 Å². The van der Waals surface area contributed by atoms with E-state index in [9.17, 15) is 4.79 Å². The lowest BCUT2D eigenvalue weighted by Gasteiger charge is -2.33. The number of likely N-dealkylation sites (N-methyl/N-ethyl adjacent to an activating group) is 1. The van der Waals surface area contributed by atoms with Gasteiger partial charge in [0.15, 0.2) is 5.96 Å². The van der Waals surface area contributed by atoms with Gasteiger partial charge in [0, 0.05) is 45.2 Å². The molecule has 1 saturated heterocycles. The van der Waals surface area contributed by atoms with Crippen molar-refractivity contribution in [2.75, 3.05) is 46.9 Å². The van der Waals surface area contributed by atoms with Gasteiger partial charge in [0.1, 0.15) is 5.75 Å². The zero-order valence-corrected chi connectivity index (χ0v) is 22.9. The third kappa shape index (κ3) is 9.52. The Labute approximate surface area is 211 Å². The maximum Gasteiger partial charge on any atom is 0.233 e. The third-order valence-corrected chi connectivity index (χ3v) is 5.71. The molecule has 1 fully saturated rings. The monoisotopic (exact) mass is 559 g/mol. The Kier molecular flexibility index (Phi) is 12.3. The number of nitrogens with zero attached hydrogens (tertiary/aromatic N) is 2. The SMILES string of the molecule is CN=C(NCC(C)(C)c1ccc(OCC(C)C)cc1)NC1CCN(CC(=O)NC)CC1.I. The average Bonchev–Trinajstić information content (AvgIpc) is 2.76. The summed E-state index contributed by atoms with van der Waals surface area (Å²) in [4.78, 5) is 18.2. The fraction of sp³-hybridized carbons (Fsp3) is 0.667. The van der Waals surface area contributed by atoms with Crippen molar-refractivity contribution in [2.45, 2.75) is 52.0 Å². The van der Waals surface area contributed by atoms with Gasteiger partial charge in [0.05, 0.1) is 13.2 Å². The fourth-order valence-corrected chi connectivity index (χ4v) is 3.58. The Balaban J connectivity index is 0.00000512. The molecule has 0 aliphatic carbocycles. The summed E-state index contributed by atoms with van der Waals surface area (Å²) in [6.07, 6.45) is 2.00. The molecule has 0 unspecified atom stereocenters. The molecule has 32 heavy (non-hydrogen) atoms. The first kappa shape index (κ1) is 28.5. The van der Waals surface area contributed by atoms with E-state index in [0.29, 0.717) is 18.5 Å². The number of likely N-dealkylation sites (tertiary alicyclic amines) is 1. The molecule has 0 bridgehead atoms. The molecule has 1 aromatic carbocycles. The van der Waals surface area contributed by atoms with Crippen molar-refractivity contribution in [3.63, 3.8) is 0 Å². The average molecular weight is 560 g/mol. The first-order chi connectivity index (χ1) is 14.7. The molecular formula is C24H42IN5O2. The fourth-order valence-electron chi connectivity index (χ4n) is 3.58. The van der Waals surface area contributed by atoms with Gasteiger partial charge in [-0.3, -0.25) is 14.7 Å². The van der Waals surface area contributed by atoms with E-state index >= 15 is 0 Å². The smallest absolute Gasteiger partial charge is 0.233 e. The number of benzene rings is 1. The van der Waals surface area contributed by atoms with E-state index in [2.05, 4.69) is 77.8 Å². The van der Waals surface area contributed by atoms with Crippen LogP contribution in [0.3, 0.4) is 0 Å². The number of hydrogen-bond donors (Lipinski definition) is 3. The molecule has 1 aliphatic rings. The highest BCUT2D eigenvalue weighted by atomic mass is 127. The second-order valence-electron chi connectivity index (χ2n) is 9.41. The predicted molar refractivity (Wildman–Crippen MR) is 143 cm³/mol. The van der Waals surface area contributed by atoms with Crippen molar-refractivity contribution in [1.29, 1.82) is 0 Å². The highest BCUT2D eigenvalue weighted by Crippen LogP contribution is 2.25. The van der Waals surface area contributed by atoms with Gasteiger partial charge >= 0.3 is 0 Å². The van der Waals surface area contributed by atoms with Crippen LogP contribution in [0.15, 0.2) is 29.3 Å². The standard InChI is InChI=1S/C24H41N5O2.HI/c1-18(2)16-31-21-9-7-19(8-10-21)24(3,4)17-27-23(26-6)28-20-11-13-29(14-12-20)15-22(30)25-5;/h7-10,18,20H,11-17H2,1-6H3,(H,25,30)(H2,26,27,28);1H. The quantitative estimate of drug-likeness (QED) is 0.247. The topological polar surface area (TPSA) is 78.0 Å². The van der Waals surface area contributed by atoms with Gasteiger partial charge in [-0.1, -0.05) is 39.8 Å². The summed E-state index contributed by atoms with van der Waals surface area (Å²) in [6.45, 7) is 12.6. The van der Waals surface area contributed by atoms with Crippen molar-refractivity contribution in [2.24, 2.45) is 10.9 Å². The summed E-state index contributed by atoms with van der Waals surface area (Å²) in [5.41, 5.74) is 1.21. The molecule has 1 aromatic rings. The first-order valence-electron chi connectivity index (χ1n) is 11.4. The van der Waals surface area contributed by atoms with Crippen LogP contribution in [0, 0.1) is 5.92 Å². The number of hydrogen-bond acceptors (Lipinski definition) is 4. The number of carbonyl (C=O) groups is 1. The molecule has 0 saturated carbocycles. The number of rotatable bonds is 9. The number of carbonyl (C=O) groups excluding carboxylic acids is 1. The molecular weight excluding hydrogens is 517 g/mol. The summed E-state index contributed by atoms with van der Waals surface area (Å²) in [6, 6.07) is 8.77. The zero-order chi connectivity index (χ0) is 22.9. The highest BCUT2D eigenvalue weighted by molar-refractivity contribution is 14.0. The van der Waals surface area contributed by atoms with Crippen LogP contribution >= 0.6 is 24.0 Å². The molecule has 0 radical (unpaired) electrons. The van der Waals surface area contributed by atoms with Gasteiger partial charge in [0.2, 0.25) is 5.91 Å². The Morgan fingerprint density at radius 2 is 1.84 bits per heavy atom. The lowest BCUT2D eigenvalue weighted by atomic mass is 9.84. The van der Waals surface area contributed by atoms with Gasteiger partial charge in [-0.15, -0.1) is 24.0 Å². The Morgan fingerprint density at radius 1 is 1.22 bits per heavy atom. The van der Waals surface area contributed by atoms with Crippen molar-refractivity contribution < 1.29 is 9.53 Å². The van der Waals surface area contributed by atoms with Gasteiger partial charge in [-0.2, -0.15) is 0 Å². The lowest BCUT2D eigenvalue weighted by Crippen LogP contribution is -2.51. The summed E-state index contributed by atoms with van der Waals surface area (Å²) < 4.78 is 5.80. The van der Waals surface area contributed by atoms with Crippen LogP contribution in [0.25, 0.3) is 0 Å². The van der Waals surface area contributed by atoms with E-state index in [1.165, 1.54) is 5.56 Å². The van der Waals surface area contributed by atoms with Crippen molar-refractivity contribution in [1.82, 2.24) is 20.9 Å². The van der Waals surface area contributed by atoms with Gasteiger partial charge < -0.3 is 20.7 Å². The Hall–Kier alpha value is -1.55. The molecule has 182 valence electrons. The maximum atomic E-state index is 11.6. The first-order valence-corrected chi connectivity index (χ1v) is 11.4. The van der Waals surface area contributed by atoms with E-state index in [-0.39, 0.29) is 35.3 Å². The van der Waals surface area contributed by atoms with Crippen molar-refractivity contribution in [3.05, 3.63) is 29.8 Å². The van der Waals surface area contributed by atoms with E-state index < -0.39 is 0 Å². The molecule has 0 aromatic heterocycles. The summed E-state index contributed by atoms with van der Waals surface area (Å²) >= 11 is 0. The predicted octanol–water partition coefficient (Wildman–Crippen LogP) is 2.99. The van der Waals surface area contributed by atoms with E-state index in [0.717, 1.165) is 50.8 Å². The molecule has 0 atom stereocenters. The number of amides is 1. The van der Waals surface area contributed by atoms with Crippen molar-refractivity contribution >= 4 is 35.8 Å². The number of piperidine rings is 1. The molecule has 0 spiro atoms. The van der Waals surface area contributed by atoms with Crippen LogP contribution < -0.4 is 20.7 Å². The number of nitrogens with one attached hydrogen (secondary N) is 3. The van der Waals surface area contributed by atoms with Crippen LogP contribution in [0.5, 0.6) is 5.75 Å². The van der Waals surface area contributed by atoms with Crippen LogP contribution in [0.1, 0.15) is 46.1 Å². The minimum atomic E-state index is -0.0505. The molecule has 1 aliphatic heterocycles. The molecule has 3 N–H and O–H groups in total. The van der Waals surface area contributed by atoms with Crippen LogP contribution in [-0.2, 0) is 10.2 Å². The maximum absolute atomic E-state index is 11.6. The van der Waals surface area contributed by atoms with Crippen molar-refractivity contribution in [3.8, 4) is 5.75 Å². The van der Waals surface area contributed by atoms with Gasteiger partial charge in [0.25, 0.3) is 0 Å². The summed E-state index contributed by atoms with van der Waals surface area (Å²) in [5, 5.41) is 9.73. The molecule has 7 nitrogen and oxygen atoms in total. The minimum Gasteiger partial charge on any atom is -0.493 e. The minimum absolute atomic E-state index is 0. The lowest BCUT2D eigenvalue weighted by molar-refractivity contribution is -0.122. The number of ether oxygens (including phenoxy) is 1. The highest BCUT2D eigenvalue weighted by Gasteiger charge is 2.24. The second kappa shape index (κ2) is 13.9. The Bertz CT molecular complexity index is 714. The Morgan fingerprint density at radius 3 is 2.38 bits per heavy atom. The number of guanidine groups is 1. The number of aliphatic imine (C=N–C) groups is 1. The molecule has 1 amide bonds. The summed E-state index contributed by atoms with van der Waals surface area (Å²) in [7, 11) is 3.49. The second-order valence-corrected chi connectivity index (χ2v) is 9.41. The number of halogens is 1. The molecule has 2 rings (SSSR count). The zero-order valence-electron chi connectivity index (χ0n) is 20.5. The van der Waals surface area contributed by atoms with Gasteiger partial charge in [-0.05, 0) is 36.5 Å². The molecule has 1 heterocycles.